The Morgan fingerprint density at radius 1 is 1.33 bits per heavy atom. The van der Waals surface area contributed by atoms with Crippen LogP contribution >= 0.6 is 0 Å². The highest BCUT2D eigenvalue weighted by Crippen LogP contribution is 2.26. The van der Waals surface area contributed by atoms with E-state index in [0.29, 0.717) is 6.07 Å². The molecule has 0 amide bonds. The van der Waals surface area contributed by atoms with Gasteiger partial charge in [0.05, 0.1) is 13.2 Å². The molecule has 2 aromatic rings. The van der Waals surface area contributed by atoms with Crippen molar-refractivity contribution in [1.82, 2.24) is 9.38 Å². The van der Waals surface area contributed by atoms with Crippen LogP contribution in [-0.2, 0) is 10.1 Å². The summed E-state index contributed by atoms with van der Waals surface area (Å²) in [6, 6.07) is 3.36. The number of hydrogen-bond acceptors (Lipinski definition) is 6. The summed E-state index contributed by atoms with van der Waals surface area (Å²) in [7, 11) is -4.66. The van der Waals surface area contributed by atoms with Crippen molar-refractivity contribution >= 4 is 15.8 Å². The summed E-state index contributed by atoms with van der Waals surface area (Å²) in [4.78, 5) is 15.3. The van der Waals surface area contributed by atoms with E-state index in [1.807, 2.05) is 0 Å². The number of rotatable bonds is 3. The largest absolute Gasteiger partial charge is 0.534 e. The smallest absolute Gasteiger partial charge is 0.493 e. The normalized spacial score (nSPS) is 12.4. The number of methoxy groups -OCH3 is 1. The number of aromatic nitrogens is 2. The van der Waals surface area contributed by atoms with Crippen LogP contribution in [0.5, 0.6) is 11.6 Å². The fourth-order valence-corrected chi connectivity index (χ4v) is 1.85. The minimum Gasteiger partial charge on any atom is -0.493 e. The van der Waals surface area contributed by atoms with Gasteiger partial charge in [-0.25, -0.2) is 0 Å². The third kappa shape index (κ3) is 2.77. The second-order valence-electron chi connectivity index (χ2n) is 3.69. The van der Waals surface area contributed by atoms with E-state index < -0.39 is 27.1 Å². The lowest BCUT2D eigenvalue weighted by Crippen LogP contribution is -2.29. The third-order valence-corrected chi connectivity index (χ3v) is 3.29. The summed E-state index contributed by atoms with van der Waals surface area (Å²) >= 11 is 0. The summed E-state index contributed by atoms with van der Waals surface area (Å²) in [5.41, 5.74) is -6.63. The van der Waals surface area contributed by atoms with Crippen molar-refractivity contribution < 1.29 is 30.5 Å². The van der Waals surface area contributed by atoms with Crippen molar-refractivity contribution in [2.45, 2.75) is 5.51 Å². The Kier molecular flexibility index (Phi) is 3.53. The first-order valence-electron chi connectivity index (χ1n) is 5.23. The van der Waals surface area contributed by atoms with Gasteiger partial charge in [-0.15, -0.1) is 0 Å². The summed E-state index contributed by atoms with van der Waals surface area (Å²) in [6.45, 7) is 0. The highest BCUT2D eigenvalue weighted by Gasteiger charge is 2.49. The molecule has 2 rings (SSSR count). The zero-order valence-electron chi connectivity index (χ0n) is 10.3. The van der Waals surface area contributed by atoms with Crippen LogP contribution in [-0.4, -0.2) is 30.4 Å². The number of ether oxygens (including phenoxy) is 1. The Morgan fingerprint density at radius 2 is 2.00 bits per heavy atom. The van der Waals surface area contributed by atoms with Crippen LogP contribution in [0.15, 0.2) is 29.2 Å². The Labute approximate surface area is 115 Å². The Bertz CT molecular complexity index is 844. The first-order valence-corrected chi connectivity index (χ1v) is 6.64. The van der Waals surface area contributed by atoms with Crippen LogP contribution in [0.2, 0.25) is 0 Å². The molecule has 11 heteroatoms. The lowest BCUT2D eigenvalue weighted by Gasteiger charge is -2.10. The van der Waals surface area contributed by atoms with Crippen molar-refractivity contribution in [3.8, 4) is 11.6 Å². The van der Waals surface area contributed by atoms with Crippen molar-refractivity contribution in [3.63, 3.8) is 0 Å². The fourth-order valence-electron chi connectivity index (χ4n) is 1.44. The molecule has 0 aliphatic rings. The van der Waals surface area contributed by atoms with Gasteiger partial charge in [0.25, 0.3) is 5.56 Å². The molecule has 0 fully saturated rings. The Hall–Kier alpha value is -2.30. The van der Waals surface area contributed by atoms with Gasteiger partial charge in [-0.05, 0) is 12.1 Å². The summed E-state index contributed by atoms with van der Waals surface area (Å²) < 4.78 is 68.2. The van der Waals surface area contributed by atoms with E-state index in [2.05, 4.69) is 9.17 Å². The third-order valence-electron chi connectivity index (χ3n) is 2.33. The maximum absolute atomic E-state index is 12.2. The molecule has 0 N–H and O–H groups in total. The summed E-state index contributed by atoms with van der Waals surface area (Å²) in [6.07, 6.45) is 1.29. The van der Waals surface area contributed by atoms with E-state index in [0.717, 1.165) is 4.40 Å². The van der Waals surface area contributed by atoms with Gasteiger partial charge in [0.2, 0.25) is 5.88 Å². The number of halogens is 3. The quantitative estimate of drug-likeness (QED) is 0.617. The van der Waals surface area contributed by atoms with Gasteiger partial charge in [0.1, 0.15) is 0 Å². The van der Waals surface area contributed by atoms with Gasteiger partial charge in [-0.3, -0.25) is 9.20 Å². The maximum Gasteiger partial charge on any atom is 0.534 e. The Balaban J connectivity index is 2.60. The zero-order chi connectivity index (χ0) is 15.8. The van der Waals surface area contributed by atoms with E-state index in [4.69, 9.17) is 4.74 Å². The standard InChI is InChI=1S/C10H7F3N2O5S/c1-19-6-3-2-4-15-8(16)5-7(14-9(6)15)20-21(17,18)10(11,12)13/h2-5H,1H3. The first-order chi connectivity index (χ1) is 9.65. The minimum absolute atomic E-state index is 0.0597. The molecule has 2 heterocycles. The molecular weight excluding hydrogens is 317 g/mol. The molecule has 0 aliphatic carbocycles. The van der Waals surface area contributed by atoms with Gasteiger partial charge in [-0.2, -0.15) is 26.6 Å². The van der Waals surface area contributed by atoms with Crippen LogP contribution in [0.3, 0.4) is 0 Å². The minimum atomic E-state index is -5.91. The van der Waals surface area contributed by atoms with Crippen LogP contribution < -0.4 is 14.5 Å². The van der Waals surface area contributed by atoms with E-state index >= 15 is 0 Å². The number of nitrogens with zero attached hydrogens (tertiary/aromatic N) is 2. The lowest BCUT2D eigenvalue weighted by molar-refractivity contribution is -0.0501. The van der Waals surface area contributed by atoms with E-state index in [9.17, 15) is 26.4 Å². The van der Waals surface area contributed by atoms with E-state index in [-0.39, 0.29) is 11.4 Å². The molecule has 0 atom stereocenters. The average Bonchev–Trinajstić information content (AvgIpc) is 2.36. The van der Waals surface area contributed by atoms with Crippen LogP contribution in [0.4, 0.5) is 13.2 Å². The molecule has 2 aromatic heterocycles. The van der Waals surface area contributed by atoms with Crippen LogP contribution in [0.1, 0.15) is 0 Å². The fraction of sp³-hybridized carbons (Fsp3) is 0.200. The molecule has 0 saturated carbocycles. The van der Waals surface area contributed by atoms with Crippen molar-refractivity contribution in [1.29, 1.82) is 0 Å². The Morgan fingerprint density at radius 3 is 2.57 bits per heavy atom. The lowest BCUT2D eigenvalue weighted by atomic mass is 10.4. The topological polar surface area (TPSA) is 87.0 Å². The number of pyridine rings is 1. The molecule has 0 bridgehead atoms. The van der Waals surface area contributed by atoms with Crippen molar-refractivity contribution in [2.24, 2.45) is 0 Å². The number of fused-ring (bicyclic) bond motifs is 1. The number of hydrogen-bond donors (Lipinski definition) is 0. The summed E-state index contributed by atoms with van der Waals surface area (Å²) in [5.74, 6) is -0.939. The van der Waals surface area contributed by atoms with Crippen LogP contribution in [0.25, 0.3) is 5.65 Å². The molecule has 0 aromatic carbocycles. The van der Waals surface area contributed by atoms with E-state index in [1.165, 1.54) is 25.4 Å². The summed E-state index contributed by atoms with van der Waals surface area (Å²) in [5, 5.41) is 0. The molecule has 0 spiro atoms. The highest BCUT2D eigenvalue weighted by molar-refractivity contribution is 7.87. The molecule has 0 radical (unpaired) electrons. The molecule has 21 heavy (non-hydrogen) atoms. The molecule has 0 aliphatic heterocycles. The zero-order valence-corrected chi connectivity index (χ0v) is 11.1. The predicted molar refractivity (Wildman–Crippen MR) is 63.6 cm³/mol. The molecule has 114 valence electrons. The molecule has 0 unspecified atom stereocenters. The average molecular weight is 324 g/mol. The maximum atomic E-state index is 12.2. The van der Waals surface area contributed by atoms with Crippen LogP contribution in [0, 0.1) is 0 Å². The molecular formula is C10H7F3N2O5S. The molecule has 0 saturated heterocycles. The van der Waals surface area contributed by atoms with Gasteiger partial charge >= 0.3 is 15.6 Å². The van der Waals surface area contributed by atoms with Gasteiger partial charge in [-0.1, -0.05) is 0 Å². The van der Waals surface area contributed by atoms with Gasteiger partial charge in [0.15, 0.2) is 11.4 Å². The monoisotopic (exact) mass is 324 g/mol. The second-order valence-corrected chi connectivity index (χ2v) is 5.22. The molecule has 7 nitrogen and oxygen atoms in total. The van der Waals surface area contributed by atoms with Crippen molar-refractivity contribution in [2.75, 3.05) is 7.11 Å². The highest BCUT2D eigenvalue weighted by atomic mass is 32.2. The second kappa shape index (κ2) is 4.91. The van der Waals surface area contributed by atoms with Crippen molar-refractivity contribution in [3.05, 3.63) is 34.7 Å². The number of alkyl halides is 3. The first kappa shape index (κ1) is 15.1. The van der Waals surface area contributed by atoms with Gasteiger partial charge in [0, 0.05) is 6.20 Å². The predicted octanol–water partition coefficient (Wildman–Crippen LogP) is 0.931. The van der Waals surface area contributed by atoms with E-state index in [1.54, 1.807) is 0 Å². The SMILES string of the molecule is COc1cccn2c(=O)cc(OS(=O)(=O)C(F)(F)F)nc12. The van der Waals surface area contributed by atoms with Gasteiger partial charge < -0.3 is 8.92 Å².